The van der Waals surface area contributed by atoms with Crippen molar-refractivity contribution in [1.82, 2.24) is 4.57 Å². The van der Waals surface area contributed by atoms with Crippen LogP contribution in [0.4, 0.5) is 5.00 Å². The van der Waals surface area contributed by atoms with Crippen LogP contribution in [0.3, 0.4) is 0 Å². The molecule has 0 spiro atoms. The van der Waals surface area contributed by atoms with Gasteiger partial charge in [-0.1, -0.05) is 29.0 Å². The molecule has 13 heteroatoms. The van der Waals surface area contributed by atoms with Crippen molar-refractivity contribution < 1.29 is 27.5 Å². The maximum atomic E-state index is 12.7. The first-order valence-electron chi connectivity index (χ1n) is 11.9. The molecule has 2 amide bonds. The summed E-state index contributed by atoms with van der Waals surface area (Å²) < 4.78 is 33.1. The number of hydrogen-bond donors (Lipinski definition) is 1. The molecule has 0 radical (unpaired) electrons. The molecule has 2 aromatic heterocycles. The van der Waals surface area contributed by atoms with Gasteiger partial charge in [-0.05, 0) is 56.4 Å². The van der Waals surface area contributed by atoms with E-state index in [0.717, 1.165) is 39.9 Å². The summed E-state index contributed by atoms with van der Waals surface area (Å²) in [4.78, 5) is 43.2. The van der Waals surface area contributed by atoms with Gasteiger partial charge < -0.3 is 14.6 Å². The molecule has 3 aromatic rings. The fourth-order valence-corrected chi connectivity index (χ4v) is 7.89. The highest BCUT2D eigenvalue weighted by Gasteiger charge is 2.28. The second-order valence-electron chi connectivity index (χ2n) is 8.62. The standard InChI is InChI=1S/C25H26ClN3O6S3/c1-3-11-29-17-10-9-15(26)12-19(17)37-25(29)28-21(31)14-38(33,34)13-20(30)27-23-22(24(32)35-4-2)16-7-5-6-8-18(16)36-23/h3,9-10,12H,1,4-8,11,13-14H2,2H3,(H,27,30). The van der Waals surface area contributed by atoms with E-state index in [1.165, 1.54) is 22.7 Å². The van der Waals surface area contributed by atoms with Gasteiger partial charge >= 0.3 is 5.97 Å². The Hall–Kier alpha value is -2.80. The maximum Gasteiger partial charge on any atom is 0.341 e. The van der Waals surface area contributed by atoms with Crippen LogP contribution in [0.2, 0.25) is 5.02 Å². The number of nitrogens with zero attached hydrogens (tertiary/aromatic N) is 2. The van der Waals surface area contributed by atoms with Crippen LogP contribution in [0.5, 0.6) is 0 Å². The SMILES string of the molecule is C=CCn1c(=NC(=O)CS(=O)(=O)CC(=O)Nc2sc3c(c2C(=O)OCC)CCCC3)sc2cc(Cl)ccc21. The number of sulfone groups is 1. The second kappa shape index (κ2) is 11.9. The predicted molar refractivity (Wildman–Crippen MR) is 150 cm³/mol. The van der Waals surface area contributed by atoms with Gasteiger partial charge in [0.2, 0.25) is 5.91 Å². The molecule has 0 atom stereocenters. The number of aryl methyl sites for hydroxylation is 1. The number of hydrogen-bond acceptors (Lipinski definition) is 8. The zero-order valence-electron chi connectivity index (χ0n) is 20.6. The number of halogens is 1. The molecule has 1 aliphatic carbocycles. The summed E-state index contributed by atoms with van der Waals surface area (Å²) in [5.41, 5.74) is 1.92. The number of amides is 2. The van der Waals surface area contributed by atoms with Gasteiger partial charge in [0.1, 0.15) is 16.5 Å². The molecule has 1 aromatic carbocycles. The number of aromatic nitrogens is 1. The van der Waals surface area contributed by atoms with Crippen LogP contribution >= 0.6 is 34.3 Å². The Bertz CT molecular complexity index is 1600. The zero-order valence-corrected chi connectivity index (χ0v) is 23.8. The highest BCUT2D eigenvalue weighted by atomic mass is 35.5. The topological polar surface area (TPSA) is 124 Å². The van der Waals surface area contributed by atoms with Crippen molar-refractivity contribution in [1.29, 1.82) is 0 Å². The van der Waals surface area contributed by atoms with Crippen molar-refractivity contribution in [3.63, 3.8) is 0 Å². The largest absolute Gasteiger partial charge is 0.462 e. The van der Waals surface area contributed by atoms with Crippen molar-refractivity contribution >= 4 is 77.1 Å². The molecule has 4 rings (SSSR count). The number of esters is 1. The Morgan fingerprint density at radius 3 is 2.71 bits per heavy atom. The molecule has 1 aliphatic rings. The third-order valence-corrected chi connectivity index (χ3v) is 9.65. The summed E-state index contributed by atoms with van der Waals surface area (Å²) >= 11 is 8.53. The number of thiophene rings is 1. The summed E-state index contributed by atoms with van der Waals surface area (Å²) in [7, 11) is -4.14. The smallest absolute Gasteiger partial charge is 0.341 e. The number of carbonyl (C=O) groups is 3. The van der Waals surface area contributed by atoms with Gasteiger partial charge in [-0.3, -0.25) is 9.59 Å². The van der Waals surface area contributed by atoms with Crippen LogP contribution in [0.15, 0.2) is 35.8 Å². The third-order valence-electron chi connectivity index (χ3n) is 5.78. The molecule has 9 nitrogen and oxygen atoms in total. The van der Waals surface area contributed by atoms with E-state index in [2.05, 4.69) is 16.9 Å². The van der Waals surface area contributed by atoms with E-state index in [1.807, 2.05) is 0 Å². The number of rotatable bonds is 9. The van der Waals surface area contributed by atoms with Crippen molar-refractivity contribution in [2.75, 3.05) is 23.4 Å². The van der Waals surface area contributed by atoms with E-state index in [-0.39, 0.29) is 11.6 Å². The first-order valence-corrected chi connectivity index (χ1v) is 15.7. The van der Waals surface area contributed by atoms with E-state index in [4.69, 9.17) is 16.3 Å². The minimum Gasteiger partial charge on any atom is -0.462 e. The molecule has 0 saturated carbocycles. The van der Waals surface area contributed by atoms with E-state index in [9.17, 15) is 22.8 Å². The van der Waals surface area contributed by atoms with E-state index < -0.39 is 39.1 Å². The summed E-state index contributed by atoms with van der Waals surface area (Å²) in [6, 6.07) is 5.23. The predicted octanol–water partition coefficient (Wildman–Crippen LogP) is 4.14. The number of carbonyl (C=O) groups excluding carboxylic acids is 3. The second-order valence-corrected chi connectivity index (χ2v) is 13.2. The Labute approximate surface area is 232 Å². The average molecular weight is 596 g/mol. The van der Waals surface area contributed by atoms with Gasteiger partial charge in [0.25, 0.3) is 5.91 Å². The third kappa shape index (κ3) is 6.42. The van der Waals surface area contributed by atoms with Gasteiger partial charge in [0.15, 0.2) is 14.6 Å². The highest BCUT2D eigenvalue weighted by molar-refractivity contribution is 7.92. The van der Waals surface area contributed by atoms with Gasteiger partial charge in [0, 0.05) is 16.4 Å². The molecule has 1 N–H and O–H groups in total. The number of nitrogens with one attached hydrogen (secondary N) is 1. The fourth-order valence-electron chi connectivity index (χ4n) is 4.25. The van der Waals surface area contributed by atoms with Crippen molar-refractivity contribution in [3.8, 4) is 0 Å². The number of anilines is 1. The number of benzene rings is 1. The number of ether oxygens (including phenoxy) is 1. The number of fused-ring (bicyclic) bond motifs is 2. The lowest BCUT2D eigenvalue weighted by Crippen LogP contribution is -2.28. The normalized spacial score (nSPS) is 13.8. The molecular formula is C25H26ClN3O6S3. The molecule has 0 saturated heterocycles. The lowest BCUT2D eigenvalue weighted by molar-refractivity contribution is -0.115. The Morgan fingerprint density at radius 1 is 1.21 bits per heavy atom. The maximum absolute atomic E-state index is 12.7. The minimum atomic E-state index is -4.14. The monoisotopic (exact) mass is 595 g/mol. The molecule has 0 bridgehead atoms. The van der Waals surface area contributed by atoms with Crippen molar-refractivity contribution in [3.05, 3.63) is 56.7 Å². The Balaban J connectivity index is 1.51. The van der Waals surface area contributed by atoms with E-state index in [0.29, 0.717) is 28.4 Å². The van der Waals surface area contributed by atoms with Crippen LogP contribution in [0.25, 0.3) is 10.2 Å². The molecular weight excluding hydrogens is 570 g/mol. The summed E-state index contributed by atoms with van der Waals surface area (Å²) in [6.07, 6.45) is 5.01. The molecule has 0 fully saturated rings. The lowest BCUT2D eigenvalue weighted by Gasteiger charge is -2.12. The van der Waals surface area contributed by atoms with Crippen LogP contribution in [0, 0.1) is 0 Å². The molecule has 202 valence electrons. The quantitative estimate of drug-likeness (QED) is 0.293. The number of thiazole rings is 1. The summed E-state index contributed by atoms with van der Waals surface area (Å²) in [6.45, 7) is 5.94. The van der Waals surface area contributed by atoms with Crippen LogP contribution < -0.4 is 10.1 Å². The first kappa shape index (κ1) is 28.2. The van der Waals surface area contributed by atoms with Crippen molar-refractivity contribution in [2.24, 2.45) is 4.99 Å². The summed E-state index contributed by atoms with van der Waals surface area (Å²) in [5, 5.41) is 3.37. The Morgan fingerprint density at radius 2 is 1.97 bits per heavy atom. The van der Waals surface area contributed by atoms with Gasteiger partial charge in [-0.2, -0.15) is 4.99 Å². The van der Waals surface area contributed by atoms with Gasteiger partial charge in [-0.15, -0.1) is 17.9 Å². The van der Waals surface area contributed by atoms with Crippen LogP contribution in [-0.2, 0) is 43.5 Å². The zero-order chi connectivity index (χ0) is 27.4. The van der Waals surface area contributed by atoms with Crippen LogP contribution in [0.1, 0.15) is 40.6 Å². The highest BCUT2D eigenvalue weighted by Crippen LogP contribution is 2.38. The van der Waals surface area contributed by atoms with E-state index >= 15 is 0 Å². The Kier molecular flexibility index (Phi) is 8.86. The number of allylic oxidation sites excluding steroid dienone is 1. The molecule has 2 heterocycles. The van der Waals surface area contributed by atoms with Gasteiger partial charge in [0.05, 0.1) is 22.4 Å². The summed E-state index contributed by atoms with van der Waals surface area (Å²) in [5.74, 6) is -4.13. The van der Waals surface area contributed by atoms with Crippen molar-refractivity contribution in [2.45, 2.75) is 39.2 Å². The minimum absolute atomic E-state index is 0.177. The van der Waals surface area contributed by atoms with Crippen LogP contribution in [-0.4, -0.2) is 48.9 Å². The fraction of sp³-hybridized carbons (Fsp3) is 0.360. The molecule has 38 heavy (non-hydrogen) atoms. The molecule has 0 aliphatic heterocycles. The van der Waals surface area contributed by atoms with Gasteiger partial charge in [-0.25, -0.2) is 13.2 Å². The van der Waals surface area contributed by atoms with E-state index in [1.54, 1.807) is 35.8 Å². The first-order chi connectivity index (χ1) is 18.1. The lowest BCUT2D eigenvalue weighted by atomic mass is 9.95. The average Bonchev–Trinajstić information content (AvgIpc) is 3.35. The molecule has 0 unspecified atom stereocenters.